The topological polar surface area (TPSA) is 72.8 Å². The zero-order valence-electron chi connectivity index (χ0n) is 11.9. The van der Waals surface area contributed by atoms with Gasteiger partial charge in [0.1, 0.15) is 0 Å². The van der Waals surface area contributed by atoms with Gasteiger partial charge in [0.2, 0.25) is 6.29 Å². The summed E-state index contributed by atoms with van der Waals surface area (Å²) >= 11 is 0. The van der Waals surface area contributed by atoms with Gasteiger partial charge in [-0.3, -0.25) is 4.79 Å². The van der Waals surface area contributed by atoms with Gasteiger partial charge in [-0.25, -0.2) is 4.79 Å². The second-order valence-corrected chi connectivity index (χ2v) is 5.03. The number of aliphatic hydroxyl groups excluding tert-OH is 1. The molecular formula is C16H20O5. The van der Waals surface area contributed by atoms with Crippen LogP contribution in [0.2, 0.25) is 0 Å². The fourth-order valence-corrected chi connectivity index (χ4v) is 2.19. The van der Waals surface area contributed by atoms with Crippen LogP contribution in [0.1, 0.15) is 52.8 Å². The molecule has 1 aliphatic heterocycles. The van der Waals surface area contributed by atoms with Gasteiger partial charge in [-0.1, -0.05) is 12.1 Å². The Labute approximate surface area is 123 Å². The molecule has 1 unspecified atom stereocenters. The van der Waals surface area contributed by atoms with Gasteiger partial charge in [0.15, 0.2) is 5.78 Å². The highest BCUT2D eigenvalue weighted by molar-refractivity contribution is 5.99. The molecule has 1 fully saturated rings. The van der Waals surface area contributed by atoms with Crippen molar-refractivity contribution in [2.24, 2.45) is 0 Å². The van der Waals surface area contributed by atoms with E-state index in [-0.39, 0.29) is 12.4 Å². The molecule has 0 bridgehead atoms. The molecule has 1 aromatic carbocycles. The van der Waals surface area contributed by atoms with E-state index >= 15 is 0 Å². The van der Waals surface area contributed by atoms with Crippen molar-refractivity contribution < 1.29 is 24.2 Å². The first-order valence-corrected chi connectivity index (χ1v) is 7.27. The van der Waals surface area contributed by atoms with Crippen molar-refractivity contribution in [1.29, 1.82) is 0 Å². The number of ether oxygens (including phenoxy) is 2. The molecule has 21 heavy (non-hydrogen) atoms. The number of carbonyl (C=O) groups excluding carboxylic acids is 2. The minimum atomic E-state index is -0.471. The van der Waals surface area contributed by atoms with E-state index in [1.807, 2.05) is 0 Å². The Hall–Kier alpha value is -1.72. The van der Waals surface area contributed by atoms with E-state index in [2.05, 4.69) is 0 Å². The summed E-state index contributed by atoms with van der Waals surface area (Å²) in [7, 11) is 0. The lowest BCUT2D eigenvalue weighted by atomic mass is 10.0. The third kappa shape index (κ3) is 4.65. The van der Waals surface area contributed by atoms with E-state index in [1.54, 1.807) is 24.3 Å². The summed E-state index contributed by atoms with van der Waals surface area (Å²) in [5.41, 5.74) is 0.855. The minimum absolute atomic E-state index is 0.0322. The number of Topliss-reactive ketones (excluding diaryl/α,β-unsaturated/α-hetero) is 1. The molecule has 1 saturated heterocycles. The Kier molecular flexibility index (Phi) is 5.90. The van der Waals surface area contributed by atoms with Crippen LogP contribution in [0.5, 0.6) is 0 Å². The molecule has 0 amide bonds. The molecule has 1 aromatic rings. The maximum absolute atomic E-state index is 12.0. The van der Waals surface area contributed by atoms with E-state index in [1.165, 1.54) is 0 Å². The Morgan fingerprint density at radius 2 is 2.10 bits per heavy atom. The van der Waals surface area contributed by atoms with Crippen molar-refractivity contribution >= 4 is 11.8 Å². The summed E-state index contributed by atoms with van der Waals surface area (Å²) in [4.78, 5) is 24.0. The number of benzene rings is 1. The molecule has 0 saturated carbocycles. The lowest BCUT2D eigenvalue weighted by Gasteiger charge is -2.11. The van der Waals surface area contributed by atoms with Crippen LogP contribution in [0.25, 0.3) is 0 Å². The maximum atomic E-state index is 12.0. The van der Waals surface area contributed by atoms with Gasteiger partial charge in [-0.2, -0.15) is 0 Å². The zero-order valence-corrected chi connectivity index (χ0v) is 11.9. The zero-order chi connectivity index (χ0) is 15.1. The molecule has 0 radical (unpaired) electrons. The van der Waals surface area contributed by atoms with E-state index in [9.17, 15) is 9.59 Å². The first-order chi connectivity index (χ1) is 10.2. The van der Waals surface area contributed by atoms with E-state index < -0.39 is 12.3 Å². The third-order valence-electron chi connectivity index (χ3n) is 3.36. The van der Waals surface area contributed by atoms with E-state index in [4.69, 9.17) is 14.6 Å². The molecular weight excluding hydrogens is 272 g/mol. The number of rotatable bonds is 7. The molecule has 1 atom stereocenters. The molecule has 1 N–H and O–H groups in total. The van der Waals surface area contributed by atoms with Gasteiger partial charge in [0.05, 0.1) is 12.2 Å². The standard InChI is InChI=1S/C16H20O5/c17-9-2-1-7-14(18)12-5-3-6-13(11-12)16(19)21-15-8-4-10-20-15/h3,5-6,11,15,17H,1-2,4,7-10H2. The minimum Gasteiger partial charge on any atom is -0.432 e. The molecule has 1 aliphatic rings. The fraction of sp³-hybridized carbons (Fsp3) is 0.500. The number of esters is 1. The van der Waals surface area contributed by atoms with Crippen molar-refractivity contribution in [2.45, 2.75) is 38.4 Å². The highest BCUT2D eigenvalue weighted by atomic mass is 16.7. The molecule has 5 heteroatoms. The lowest BCUT2D eigenvalue weighted by Crippen LogP contribution is -2.17. The number of unbranched alkanes of at least 4 members (excludes halogenated alkanes) is 1. The van der Waals surface area contributed by atoms with Gasteiger partial charge in [0, 0.05) is 25.0 Å². The van der Waals surface area contributed by atoms with Gasteiger partial charge >= 0.3 is 5.97 Å². The summed E-state index contributed by atoms with van der Waals surface area (Å²) in [6.45, 7) is 0.697. The number of aliphatic hydroxyl groups is 1. The van der Waals surface area contributed by atoms with Gasteiger partial charge < -0.3 is 14.6 Å². The van der Waals surface area contributed by atoms with Crippen LogP contribution in [0.3, 0.4) is 0 Å². The Morgan fingerprint density at radius 1 is 1.29 bits per heavy atom. The van der Waals surface area contributed by atoms with Crippen LogP contribution in [0, 0.1) is 0 Å². The number of ketones is 1. The molecule has 0 aromatic heterocycles. The van der Waals surface area contributed by atoms with Crippen LogP contribution in [-0.4, -0.2) is 36.4 Å². The van der Waals surface area contributed by atoms with Crippen LogP contribution in [0.15, 0.2) is 24.3 Å². The number of hydrogen-bond acceptors (Lipinski definition) is 5. The van der Waals surface area contributed by atoms with Gasteiger partial charge in [0.25, 0.3) is 0 Å². The average Bonchev–Trinajstić information content (AvgIpc) is 3.00. The maximum Gasteiger partial charge on any atom is 0.340 e. The first kappa shape index (κ1) is 15.7. The summed E-state index contributed by atoms with van der Waals surface area (Å²) in [5.74, 6) is -0.498. The fourth-order valence-electron chi connectivity index (χ4n) is 2.19. The van der Waals surface area contributed by atoms with Crippen LogP contribution in [0.4, 0.5) is 0 Å². The van der Waals surface area contributed by atoms with Crippen LogP contribution in [-0.2, 0) is 9.47 Å². The first-order valence-electron chi connectivity index (χ1n) is 7.27. The molecule has 0 spiro atoms. The predicted molar refractivity (Wildman–Crippen MR) is 76.1 cm³/mol. The largest absolute Gasteiger partial charge is 0.432 e. The van der Waals surface area contributed by atoms with Crippen molar-refractivity contribution in [3.05, 3.63) is 35.4 Å². The second-order valence-electron chi connectivity index (χ2n) is 5.03. The Balaban J connectivity index is 1.95. The normalized spacial score (nSPS) is 17.7. The molecule has 5 nitrogen and oxygen atoms in total. The second kappa shape index (κ2) is 7.90. The SMILES string of the molecule is O=C(CCCCO)c1cccc(C(=O)OC2CCCO2)c1. The molecule has 0 aliphatic carbocycles. The number of hydrogen-bond donors (Lipinski definition) is 1. The molecule has 114 valence electrons. The Morgan fingerprint density at radius 3 is 2.81 bits per heavy atom. The van der Waals surface area contributed by atoms with Crippen LogP contribution >= 0.6 is 0 Å². The van der Waals surface area contributed by atoms with Gasteiger partial charge in [-0.15, -0.1) is 0 Å². The average molecular weight is 292 g/mol. The van der Waals surface area contributed by atoms with Crippen molar-refractivity contribution in [3.63, 3.8) is 0 Å². The highest BCUT2D eigenvalue weighted by Crippen LogP contribution is 2.16. The summed E-state index contributed by atoms with van der Waals surface area (Å²) in [5, 5.41) is 8.72. The summed E-state index contributed by atoms with van der Waals surface area (Å²) in [6, 6.07) is 6.54. The monoisotopic (exact) mass is 292 g/mol. The molecule has 2 rings (SSSR count). The Bertz CT molecular complexity index is 491. The van der Waals surface area contributed by atoms with Crippen LogP contribution < -0.4 is 0 Å². The quantitative estimate of drug-likeness (QED) is 0.474. The lowest BCUT2D eigenvalue weighted by molar-refractivity contribution is -0.0775. The van der Waals surface area contributed by atoms with Gasteiger partial charge in [-0.05, 0) is 31.4 Å². The van der Waals surface area contributed by atoms with Crippen molar-refractivity contribution in [2.75, 3.05) is 13.2 Å². The summed E-state index contributed by atoms with van der Waals surface area (Å²) < 4.78 is 10.5. The van der Waals surface area contributed by atoms with Crippen molar-refractivity contribution in [1.82, 2.24) is 0 Å². The predicted octanol–water partition coefficient (Wildman–Crippen LogP) is 2.33. The summed E-state index contributed by atoms with van der Waals surface area (Å²) in [6.07, 6.45) is 2.74. The van der Waals surface area contributed by atoms with E-state index in [0.29, 0.717) is 43.4 Å². The van der Waals surface area contributed by atoms with E-state index in [0.717, 1.165) is 6.42 Å². The third-order valence-corrected chi connectivity index (χ3v) is 3.36. The highest BCUT2D eigenvalue weighted by Gasteiger charge is 2.21. The smallest absolute Gasteiger partial charge is 0.340 e. The molecule has 1 heterocycles. The van der Waals surface area contributed by atoms with Crippen molar-refractivity contribution in [3.8, 4) is 0 Å². The number of carbonyl (C=O) groups is 2.